The van der Waals surface area contributed by atoms with Gasteiger partial charge in [-0.1, -0.05) is 41.0 Å². The molecule has 0 radical (unpaired) electrons. The third-order valence-corrected chi connectivity index (χ3v) is 6.73. The maximum atomic E-state index is 5.85. The molecule has 0 spiro atoms. The fourth-order valence-corrected chi connectivity index (χ4v) is 4.27. The van der Waals surface area contributed by atoms with Crippen molar-refractivity contribution in [3.63, 3.8) is 0 Å². The van der Waals surface area contributed by atoms with E-state index in [2.05, 4.69) is 46.9 Å². The summed E-state index contributed by atoms with van der Waals surface area (Å²) in [5, 5.41) is 3.94. The summed E-state index contributed by atoms with van der Waals surface area (Å²) >= 11 is 0. The topological polar surface area (TPSA) is 21.3 Å². The molecular weight excluding hydrogens is 258 g/mol. The van der Waals surface area contributed by atoms with Crippen molar-refractivity contribution in [2.45, 2.75) is 98.3 Å². The van der Waals surface area contributed by atoms with Crippen molar-refractivity contribution < 1.29 is 4.74 Å². The van der Waals surface area contributed by atoms with Gasteiger partial charge in [-0.15, -0.1) is 0 Å². The smallest absolute Gasteiger partial charge is 0.0655 e. The van der Waals surface area contributed by atoms with Crippen LogP contribution in [-0.2, 0) is 4.74 Å². The molecular formula is C19H37NO. The minimum absolute atomic E-state index is 0.301. The molecule has 2 heteroatoms. The van der Waals surface area contributed by atoms with Crippen molar-refractivity contribution in [2.24, 2.45) is 16.7 Å². The molecule has 0 amide bonds. The highest BCUT2D eigenvalue weighted by molar-refractivity contribution is 5.04. The summed E-state index contributed by atoms with van der Waals surface area (Å²) in [5.74, 6) is 0.922. The fourth-order valence-electron chi connectivity index (χ4n) is 4.27. The van der Waals surface area contributed by atoms with Crippen LogP contribution in [0.4, 0.5) is 0 Å². The van der Waals surface area contributed by atoms with E-state index >= 15 is 0 Å². The highest BCUT2D eigenvalue weighted by Gasteiger charge is 2.49. The summed E-state index contributed by atoms with van der Waals surface area (Å²) < 4.78 is 5.85. The lowest BCUT2D eigenvalue weighted by Gasteiger charge is -2.53. The van der Waals surface area contributed by atoms with Gasteiger partial charge in [-0.25, -0.2) is 0 Å². The lowest BCUT2D eigenvalue weighted by molar-refractivity contribution is -0.117. The molecule has 0 aliphatic heterocycles. The van der Waals surface area contributed by atoms with Crippen LogP contribution in [0.1, 0.15) is 80.1 Å². The second kappa shape index (κ2) is 6.58. The Kier molecular flexibility index (Phi) is 5.41. The second-order valence-electron chi connectivity index (χ2n) is 8.61. The van der Waals surface area contributed by atoms with Gasteiger partial charge in [-0.2, -0.15) is 0 Å². The molecule has 0 heterocycles. The Morgan fingerprint density at radius 2 is 1.71 bits per heavy atom. The Morgan fingerprint density at radius 1 is 1.10 bits per heavy atom. The Labute approximate surface area is 132 Å². The van der Waals surface area contributed by atoms with Gasteiger partial charge in [0.1, 0.15) is 0 Å². The second-order valence-corrected chi connectivity index (χ2v) is 8.61. The van der Waals surface area contributed by atoms with E-state index in [0.717, 1.165) is 18.6 Å². The zero-order chi connectivity index (χ0) is 15.7. The van der Waals surface area contributed by atoms with Gasteiger partial charge >= 0.3 is 0 Å². The zero-order valence-corrected chi connectivity index (χ0v) is 15.2. The summed E-state index contributed by atoms with van der Waals surface area (Å²) in [6.45, 7) is 14.9. The Balaban J connectivity index is 1.77. The van der Waals surface area contributed by atoms with Crippen molar-refractivity contribution in [2.75, 3.05) is 6.61 Å². The largest absolute Gasteiger partial charge is 0.378 e. The van der Waals surface area contributed by atoms with Crippen LogP contribution >= 0.6 is 0 Å². The first-order valence-corrected chi connectivity index (χ1v) is 9.19. The van der Waals surface area contributed by atoms with Gasteiger partial charge in [0.2, 0.25) is 0 Å². The van der Waals surface area contributed by atoms with Gasteiger partial charge in [0.25, 0.3) is 0 Å². The maximum Gasteiger partial charge on any atom is 0.0655 e. The van der Waals surface area contributed by atoms with E-state index in [1.54, 1.807) is 0 Å². The van der Waals surface area contributed by atoms with Crippen LogP contribution in [0.25, 0.3) is 0 Å². The van der Waals surface area contributed by atoms with Crippen molar-refractivity contribution in [3.05, 3.63) is 0 Å². The standard InChI is InChI=1S/C19H37NO/c1-7-18(3,4)14-9-11-15(12-10-14)20-16-13-17(21-8-2)19(16,5)6/h14-17,20H,7-13H2,1-6H3. The molecule has 2 aliphatic carbocycles. The van der Waals surface area contributed by atoms with Crippen LogP contribution in [0.3, 0.4) is 0 Å². The van der Waals surface area contributed by atoms with E-state index in [-0.39, 0.29) is 0 Å². The van der Waals surface area contributed by atoms with E-state index < -0.39 is 0 Å². The molecule has 0 aromatic heterocycles. The molecule has 124 valence electrons. The third-order valence-electron chi connectivity index (χ3n) is 6.73. The summed E-state index contributed by atoms with van der Waals surface area (Å²) in [7, 11) is 0. The molecule has 0 bridgehead atoms. The van der Waals surface area contributed by atoms with Crippen molar-refractivity contribution in [1.29, 1.82) is 0 Å². The fraction of sp³-hybridized carbons (Fsp3) is 1.00. The Morgan fingerprint density at radius 3 is 2.19 bits per heavy atom. The average molecular weight is 296 g/mol. The molecule has 0 aromatic rings. The highest BCUT2D eigenvalue weighted by atomic mass is 16.5. The lowest BCUT2D eigenvalue weighted by atomic mass is 9.63. The number of hydrogen-bond acceptors (Lipinski definition) is 2. The van der Waals surface area contributed by atoms with E-state index in [1.165, 1.54) is 38.5 Å². The minimum Gasteiger partial charge on any atom is -0.378 e. The van der Waals surface area contributed by atoms with Gasteiger partial charge < -0.3 is 10.1 Å². The van der Waals surface area contributed by atoms with E-state index in [1.807, 2.05) is 0 Å². The first kappa shape index (κ1) is 17.3. The molecule has 2 rings (SSSR count). The first-order valence-electron chi connectivity index (χ1n) is 9.19. The van der Waals surface area contributed by atoms with Gasteiger partial charge in [-0.3, -0.25) is 0 Å². The van der Waals surface area contributed by atoms with Crippen molar-refractivity contribution in [3.8, 4) is 0 Å². The zero-order valence-electron chi connectivity index (χ0n) is 15.2. The van der Waals surface area contributed by atoms with Crippen LogP contribution in [0.15, 0.2) is 0 Å². The quantitative estimate of drug-likeness (QED) is 0.762. The molecule has 2 unspecified atom stereocenters. The van der Waals surface area contributed by atoms with Gasteiger partial charge in [0.05, 0.1) is 6.10 Å². The SMILES string of the molecule is CCOC1CC(NC2CCC(C(C)(C)CC)CC2)C1(C)C. The Bertz CT molecular complexity index is 328. The summed E-state index contributed by atoms with van der Waals surface area (Å²) in [4.78, 5) is 0. The molecule has 0 saturated heterocycles. The molecule has 2 aliphatic rings. The lowest BCUT2D eigenvalue weighted by Crippen LogP contribution is -2.63. The predicted octanol–water partition coefficient (Wildman–Crippen LogP) is 4.77. The van der Waals surface area contributed by atoms with Crippen LogP contribution in [0.2, 0.25) is 0 Å². The molecule has 2 nitrogen and oxygen atoms in total. The molecule has 2 fully saturated rings. The summed E-state index contributed by atoms with van der Waals surface area (Å²) in [5.41, 5.74) is 0.830. The predicted molar refractivity (Wildman–Crippen MR) is 90.6 cm³/mol. The van der Waals surface area contributed by atoms with Crippen LogP contribution in [-0.4, -0.2) is 24.8 Å². The minimum atomic E-state index is 0.301. The van der Waals surface area contributed by atoms with E-state index in [0.29, 0.717) is 23.0 Å². The van der Waals surface area contributed by atoms with E-state index in [4.69, 9.17) is 4.74 Å². The summed E-state index contributed by atoms with van der Waals surface area (Å²) in [6.07, 6.45) is 8.49. The van der Waals surface area contributed by atoms with Gasteiger partial charge in [0.15, 0.2) is 0 Å². The third kappa shape index (κ3) is 3.64. The molecule has 1 N–H and O–H groups in total. The van der Waals surface area contributed by atoms with Crippen LogP contribution in [0.5, 0.6) is 0 Å². The number of hydrogen-bond donors (Lipinski definition) is 1. The summed E-state index contributed by atoms with van der Waals surface area (Å²) in [6, 6.07) is 1.38. The normalized spacial score (nSPS) is 36.3. The number of ether oxygens (including phenoxy) is 1. The number of nitrogens with one attached hydrogen (secondary N) is 1. The molecule has 0 aromatic carbocycles. The van der Waals surface area contributed by atoms with Crippen LogP contribution < -0.4 is 5.32 Å². The van der Waals surface area contributed by atoms with Crippen molar-refractivity contribution >= 4 is 0 Å². The first-order chi connectivity index (χ1) is 9.81. The maximum absolute atomic E-state index is 5.85. The monoisotopic (exact) mass is 295 g/mol. The van der Waals surface area contributed by atoms with Crippen LogP contribution in [0, 0.1) is 16.7 Å². The van der Waals surface area contributed by atoms with Crippen molar-refractivity contribution in [1.82, 2.24) is 5.32 Å². The molecule has 2 atom stereocenters. The molecule has 2 saturated carbocycles. The van der Waals surface area contributed by atoms with Gasteiger partial charge in [-0.05, 0) is 50.4 Å². The molecule has 21 heavy (non-hydrogen) atoms. The highest BCUT2D eigenvalue weighted by Crippen LogP contribution is 2.45. The average Bonchev–Trinajstić information content (AvgIpc) is 2.47. The van der Waals surface area contributed by atoms with Gasteiger partial charge in [0, 0.05) is 24.1 Å². The Hall–Kier alpha value is -0.0800. The number of rotatable bonds is 6. The van der Waals surface area contributed by atoms with E-state index in [9.17, 15) is 0 Å².